The number of carbonyl (C=O) groups is 1. The van der Waals surface area contributed by atoms with Crippen LogP contribution >= 0.6 is 11.3 Å². The number of rotatable bonds is 4. The first kappa shape index (κ1) is 14.1. The smallest absolute Gasteiger partial charge is 0.229 e. The average molecular weight is 308 g/mol. The van der Waals surface area contributed by atoms with E-state index in [0.717, 1.165) is 17.4 Å². The molecule has 1 N–H and O–H groups in total. The van der Waals surface area contributed by atoms with Crippen LogP contribution in [0, 0.1) is 23.5 Å². The summed E-state index contributed by atoms with van der Waals surface area (Å²) in [5.41, 5.74) is 0.672. The highest BCUT2D eigenvalue weighted by Crippen LogP contribution is 2.38. The second-order valence-corrected chi connectivity index (χ2v) is 6.48. The third-order valence-electron chi connectivity index (χ3n) is 3.59. The molecule has 110 valence electrons. The van der Waals surface area contributed by atoms with Crippen LogP contribution in [0.2, 0.25) is 0 Å². The summed E-state index contributed by atoms with van der Waals surface area (Å²) >= 11 is 1.35. The number of hydrogen-bond donors (Lipinski definition) is 1. The van der Waals surface area contributed by atoms with Gasteiger partial charge in [0.25, 0.3) is 0 Å². The fraction of sp³-hybridized carbons (Fsp3) is 0.333. The first-order chi connectivity index (χ1) is 10.0. The summed E-state index contributed by atoms with van der Waals surface area (Å²) in [5, 5.41) is 3.35. The Morgan fingerprint density at radius 3 is 2.86 bits per heavy atom. The Labute approximate surface area is 125 Å². The molecule has 1 amide bonds. The fourth-order valence-corrected chi connectivity index (χ4v) is 3.03. The van der Waals surface area contributed by atoms with E-state index in [1.54, 1.807) is 12.3 Å². The molecule has 1 heterocycles. The Bertz CT molecular complexity index is 686. The Morgan fingerprint density at radius 2 is 2.19 bits per heavy atom. The largest absolute Gasteiger partial charge is 0.302 e. The molecule has 0 radical (unpaired) electrons. The van der Waals surface area contributed by atoms with Gasteiger partial charge in [-0.25, -0.2) is 13.8 Å². The molecule has 3 rings (SSSR count). The van der Waals surface area contributed by atoms with Crippen LogP contribution in [0.5, 0.6) is 0 Å². The number of hydrogen-bond acceptors (Lipinski definition) is 3. The summed E-state index contributed by atoms with van der Waals surface area (Å²) in [7, 11) is 0. The molecule has 0 aliphatic heterocycles. The molecule has 1 aliphatic carbocycles. The molecule has 1 aromatic carbocycles. The predicted molar refractivity (Wildman–Crippen MR) is 77.2 cm³/mol. The molecule has 1 aromatic heterocycles. The molecule has 0 spiro atoms. The summed E-state index contributed by atoms with van der Waals surface area (Å²) in [4.78, 5) is 16.8. The number of benzene rings is 1. The molecular formula is C15H14F2N2OS. The number of nitrogens with zero attached hydrogens (tertiary/aromatic N) is 1. The zero-order valence-electron chi connectivity index (χ0n) is 11.4. The molecular weight excluding hydrogens is 294 g/mol. The third-order valence-corrected chi connectivity index (χ3v) is 4.51. The van der Waals surface area contributed by atoms with E-state index >= 15 is 0 Å². The van der Waals surface area contributed by atoms with Crippen molar-refractivity contribution in [1.82, 2.24) is 4.98 Å². The Morgan fingerprint density at radius 1 is 1.43 bits per heavy atom. The maximum absolute atomic E-state index is 13.1. The molecule has 0 bridgehead atoms. The summed E-state index contributed by atoms with van der Waals surface area (Å²) in [6, 6.07) is 3.84. The molecule has 1 fully saturated rings. The zero-order valence-corrected chi connectivity index (χ0v) is 12.2. The molecule has 6 heteroatoms. The van der Waals surface area contributed by atoms with Crippen LogP contribution in [-0.4, -0.2) is 10.9 Å². The molecule has 0 unspecified atom stereocenters. The van der Waals surface area contributed by atoms with Crippen LogP contribution in [0.3, 0.4) is 0 Å². The SMILES string of the molecule is C[C@H]1C[C@@H]1C(=O)Nc1ncc(Cc2ccc(F)c(F)c2)s1. The van der Waals surface area contributed by atoms with E-state index in [-0.39, 0.29) is 11.8 Å². The van der Waals surface area contributed by atoms with E-state index in [2.05, 4.69) is 10.3 Å². The van der Waals surface area contributed by atoms with E-state index < -0.39 is 11.6 Å². The minimum absolute atomic E-state index is 0.0104. The normalized spacial score (nSPS) is 20.3. The van der Waals surface area contributed by atoms with Gasteiger partial charge in [-0.05, 0) is 30.0 Å². The van der Waals surface area contributed by atoms with Crippen molar-refractivity contribution in [3.63, 3.8) is 0 Å². The number of halogens is 2. The van der Waals surface area contributed by atoms with Crippen molar-refractivity contribution in [1.29, 1.82) is 0 Å². The van der Waals surface area contributed by atoms with Crippen molar-refractivity contribution in [2.45, 2.75) is 19.8 Å². The van der Waals surface area contributed by atoms with Crippen molar-refractivity contribution in [2.75, 3.05) is 5.32 Å². The van der Waals surface area contributed by atoms with Gasteiger partial charge in [0.15, 0.2) is 16.8 Å². The molecule has 1 saturated carbocycles. The fourth-order valence-electron chi connectivity index (χ4n) is 2.18. The Hall–Kier alpha value is -1.82. The van der Waals surface area contributed by atoms with E-state index in [1.165, 1.54) is 17.4 Å². The van der Waals surface area contributed by atoms with Crippen LogP contribution in [-0.2, 0) is 11.2 Å². The van der Waals surface area contributed by atoms with Crippen molar-refractivity contribution < 1.29 is 13.6 Å². The lowest BCUT2D eigenvalue weighted by Crippen LogP contribution is -2.13. The van der Waals surface area contributed by atoms with Gasteiger partial charge in [0.2, 0.25) is 5.91 Å². The summed E-state index contributed by atoms with van der Waals surface area (Å²) in [5.74, 6) is -1.14. The molecule has 2 atom stereocenters. The predicted octanol–water partition coefficient (Wildman–Crippen LogP) is 3.61. The lowest BCUT2D eigenvalue weighted by atomic mass is 10.1. The van der Waals surface area contributed by atoms with Gasteiger partial charge in [-0.15, -0.1) is 11.3 Å². The van der Waals surface area contributed by atoms with Gasteiger partial charge in [0.1, 0.15) is 0 Å². The highest BCUT2D eigenvalue weighted by Gasteiger charge is 2.39. The monoisotopic (exact) mass is 308 g/mol. The van der Waals surface area contributed by atoms with Gasteiger partial charge in [-0.1, -0.05) is 13.0 Å². The van der Waals surface area contributed by atoms with Crippen molar-refractivity contribution >= 4 is 22.4 Å². The molecule has 1 aliphatic rings. The summed E-state index contributed by atoms with van der Waals surface area (Å²) in [6.07, 6.45) is 3.04. The standard InChI is InChI=1S/C15H14F2N2OS/c1-8-4-11(8)14(20)19-15-18-7-10(21-15)5-9-2-3-12(16)13(17)6-9/h2-3,6-8,11H,4-5H2,1H3,(H,18,19,20)/t8-,11-/m0/s1. The first-order valence-electron chi connectivity index (χ1n) is 6.72. The van der Waals surface area contributed by atoms with Gasteiger partial charge in [-0.2, -0.15) is 0 Å². The van der Waals surface area contributed by atoms with Crippen molar-refractivity contribution in [3.8, 4) is 0 Å². The quantitative estimate of drug-likeness (QED) is 0.937. The number of carbonyl (C=O) groups excluding carboxylic acids is 1. The van der Waals surface area contributed by atoms with Crippen LogP contribution in [0.1, 0.15) is 23.8 Å². The number of thiazole rings is 1. The second kappa shape index (κ2) is 5.52. The number of amides is 1. The summed E-state index contributed by atoms with van der Waals surface area (Å²) < 4.78 is 26.0. The Balaban J connectivity index is 1.64. The number of nitrogens with one attached hydrogen (secondary N) is 1. The van der Waals surface area contributed by atoms with Gasteiger partial charge in [0, 0.05) is 23.4 Å². The molecule has 3 nitrogen and oxygen atoms in total. The molecule has 2 aromatic rings. The van der Waals surface area contributed by atoms with Gasteiger partial charge in [-0.3, -0.25) is 4.79 Å². The topological polar surface area (TPSA) is 42.0 Å². The molecule has 0 saturated heterocycles. The van der Waals surface area contributed by atoms with Crippen molar-refractivity contribution in [2.24, 2.45) is 11.8 Å². The average Bonchev–Trinajstić information content (AvgIpc) is 3.01. The van der Waals surface area contributed by atoms with E-state index in [4.69, 9.17) is 0 Å². The van der Waals surface area contributed by atoms with E-state index in [9.17, 15) is 13.6 Å². The van der Waals surface area contributed by atoms with Crippen LogP contribution in [0.4, 0.5) is 13.9 Å². The Kier molecular flexibility index (Phi) is 3.71. The van der Waals surface area contributed by atoms with Gasteiger partial charge >= 0.3 is 0 Å². The van der Waals surface area contributed by atoms with Gasteiger partial charge in [0.05, 0.1) is 0 Å². The number of aromatic nitrogens is 1. The molecule has 21 heavy (non-hydrogen) atoms. The van der Waals surface area contributed by atoms with Crippen LogP contribution in [0.25, 0.3) is 0 Å². The lowest BCUT2D eigenvalue weighted by Gasteiger charge is -2.00. The van der Waals surface area contributed by atoms with Gasteiger partial charge < -0.3 is 5.32 Å². The minimum Gasteiger partial charge on any atom is -0.302 e. The highest BCUT2D eigenvalue weighted by atomic mass is 32.1. The van der Waals surface area contributed by atoms with Crippen LogP contribution < -0.4 is 5.32 Å². The van der Waals surface area contributed by atoms with Crippen LogP contribution in [0.15, 0.2) is 24.4 Å². The van der Waals surface area contributed by atoms with Crippen molar-refractivity contribution in [3.05, 3.63) is 46.5 Å². The second-order valence-electron chi connectivity index (χ2n) is 5.37. The van der Waals surface area contributed by atoms with E-state index in [1.807, 2.05) is 6.92 Å². The lowest BCUT2D eigenvalue weighted by molar-refractivity contribution is -0.117. The first-order valence-corrected chi connectivity index (χ1v) is 7.54. The maximum Gasteiger partial charge on any atom is 0.229 e. The maximum atomic E-state index is 13.1. The van der Waals surface area contributed by atoms with E-state index in [0.29, 0.717) is 23.0 Å². The third kappa shape index (κ3) is 3.26. The minimum atomic E-state index is -0.853. The summed E-state index contributed by atoms with van der Waals surface area (Å²) in [6.45, 7) is 2.04. The highest BCUT2D eigenvalue weighted by molar-refractivity contribution is 7.15. The number of anilines is 1. The zero-order chi connectivity index (χ0) is 15.0.